The summed E-state index contributed by atoms with van der Waals surface area (Å²) in [4.78, 5) is 8.60. The van der Waals surface area contributed by atoms with Gasteiger partial charge in [0.15, 0.2) is 5.96 Å². The summed E-state index contributed by atoms with van der Waals surface area (Å²) in [7, 11) is 1.62. The zero-order chi connectivity index (χ0) is 16.8. The molecule has 25 heavy (non-hydrogen) atoms. The lowest BCUT2D eigenvalue weighted by Gasteiger charge is -2.26. The second kappa shape index (κ2) is 9.45. The Morgan fingerprint density at radius 3 is 3.04 bits per heavy atom. The number of guanidine groups is 1. The highest BCUT2D eigenvalue weighted by Crippen LogP contribution is 2.31. The van der Waals surface area contributed by atoms with Gasteiger partial charge in [-0.25, -0.2) is 4.98 Å². The third kappa shape index (κ3) is 4.97. The Morgan fingerprint density at radius 1 is 1.36 bits per heavy atom. The van der Waals surface area contributed by atoms with E-state index in [0.717, 1.165) is 29.7 Å². The van der Waals surface area contributed by atoms with Gasteiger partial charge in [0.05, 0.1) is 19.8 Å². The van der Waals surface area contributed by atoms with Gasteiger partial charge in [-0.3, -0.25) is 4.99 Å². The zero-order valence-corrected chi connectivity index (χ0v) is 16.5. The molecule has 0 radical (unpaired) electrons. The number of aromatic nitrogens is 1. The van der Waals surface area contributed by atoms with E-state index in [1.165, 1.54) is 0 Å². The first-order chi connectivity index (χ1) is 11.8. The van der Waals surface area contributed by atoms with Crippen molar-refractivity contribution < 1.29 is 9.47 Å². The van der Waals surface area contributed by atoms with Crippen LogP contribution in [0.1, 0.15) is 23.6 Å². The van der Waals surface area contributed by atoms with Crippen LogP contribution in [0.3, 0.4) is 0 Å². The highest BCUT2D eigenvalue weighted by atomic mass is 127. The molecule has 3 rings (SSSR count). The van der Waals surface area contributed by atoms with Gasteiger partial charge in [0.1, 0.15) is 5.75 Å². The highest BCUT2D eigenvalue weighted by Gasteiger charge is 2.21. The molecule has 7 heteroatoms. The van der Waals surface area contributed by atoms with Crippen molar-refractivity contribution in [2.24, 2.45) is 10.7 Å². The standard InChI is InChI=1S/C18H22N4O2.HI/c1-23-17-13(5-4-10-20-17)8-11-21-18(19)22-15-9-12-24-16-7-3-2-6-14(15)16;/h2-7,10,15H,8-9,11-12H2,1H3,(H3,19,21,22);1H. The SMILES string of the molecule is COc1ncccc1CCN=C(N)NC1CCOc2ccccc21.I. The van der Waals surface area contributed by atoms with Crippen LogP contribution in [0.2, 0.25) is 0 Å². The molecule has 2 aromatic rings. The van der Waals surface area contributed by atoms with Crippen molar-refractivity contribution >= 4 is 29.9 Å². The van der Waals surface area contributed by atoms with Crippen molar-refractivity contribution in [2.45, 2.75) is 18.9 Å². The molecule has 0 spiro atoms. The molecule has 6 nitrogen and oxygen atoms in total. The van der Waals surface area contributed by atoms with Crippen LogP contribution in [0.15, 0.2) is 47.6 Å². The summed E-state index contributed by atoms with van der Waals surface area (Å²) >= 11 is 0. The summed E-state index contributed by atoms with van der Waals surface area (Å²) in [5.74, 6) is 1.99. The Labute approximate surface area is 164 Å². The van der Waals surface area contributed by atoms with Gasteiger partial charge in [0, 0.05) is 30.3 Å². The van der Waals surface area contributed by atoms with Crippen LogP contribution in [0.4, 0.5) is 0 Å². The van der Waals surface area contributed by atoms with Crippen molar-refractivity contribution in [3.8, 4) is 11.6 Å². The molecule has 1 unspecified atom stereocenters. The average molecular weight is 454 g/mol. The first-order valence-corrected chi connectivity index (χ1v) is 8.04. The molecule has 1 aromatic heterocycles. The van der Waals surface area contributed by atoms with Crippen molar-refractivity contribution in [3.63, 3.8) is 0 Å². The predicted octanol–water partition coefficient (Wildman–Crippen LogP) is 2.68. The number of methoxy groups -OCH3 is 1. The number of nitrogens with one attached hydrogen (secondary N) is 1. The monoisotopic (exact) mass is 454 g/mol. The first-order valence-electron chi connectivity index (χ1n) is 8.04. The Kier molecular flexibility index (Phi) is 7.30. The van der Waals surface area contributed by atoms with Crippen molar-refractivity contribution in [1.29, 1.82) is 0 Å². The molecule has 0 saturated heterocycles. The van der Waals surface area contributed by atoms with Crippen molar-refractivity contribution in [2.75, 3.05) is 20.3 Å². The highest BCUT2D eigenvalue weighted by molar-refractivity contribution is 14.0. The summed E-state index contributed by atoms with van der Waals surface area (Å²) in [5, 5.41) is 3.29. The number of fused-ring (bicyclic) bond motifs is 1. The number of nitrogens with two attached hydrogens (primary N) is 1. The number of para-hydroxylation sites is 1. The van der Waals surface area contributed by atoms with Crippen LogP contribution in [-0.2, 0) is 6.42 Å². The number of benzene rings is 1. The lowest BCUT2D eigenvalue weighted by Crippen LogP contribution is -2.37. The summed E-state index contributed by atoms with van der Waals surface area (Å²) < 4.78 is 10.9. The maximum atomic E-state index is 6.05. The summed E-state index contributed by atoms with van der Waals surface area (Å²) in [6, 6.07) is 12.0. The fourth-order valence-electron chi connectivity index (χ4n) is 2.81. The van der Waals surface area contributed by atoms with E-state index in [0.29, 0.717) is 25.0 Å². The number of ether oxygens (including phenoxy) is 2. The third-order valence-corrected chi connectivity index (χ3v) is 3.99. The van der Waals surface area contributed by atoms with E-state index in [1.807, 2.05) is 30.3 Å². The minimum Gasteiger partial charge on any atom is -0.493 e. The lowest BCUT2D eigenvalue weighted by atomic mass is 10.0. The number of halogens is 1. The molecule has 0 fully saturated rings. The molecular weight excluding hydrogens is 431 g/mol. The predicted molar refractivity (Wildman–Crippen MR) is 109 cm³/mol. The molecule has 1 aromatic carbocycles. The summed E-state index contributed by atoms with van der Waals surface area (Å²) in [6.07, 6.45) is 3.30. The number of pyridine rings is 1. The van der Waals surface area contributed by atoms with Crippen molar-refractivity contribution in [1.82, 2.24) is 10.3 Å². The van der Waals surface area contributed by atoms with E-state index in [-0.39, 0.29) is 30.0 Å². The molecule has 0 amide bonds. The smallest absolute Gasteiger partial charge is 0.216 e. The third-order valence-electron chi connectivity index (χ3n) is 3.99. The Balaban J connectivity index is 0.00000225. The van der Waals surface area contributed by atoms with Gasteiger partial charge in [0.25, 0.3) is 0 Å². The second-order valence-corrected chi connectivity index (χ2v) is 5.56. The number of hydrogen-bond donors (Lipinski definition) is 2. The lowest BCUT2D eigenvalue weighted by molar-refractivity contribution is 0.262. The molecule has 0 bridgehead atoms. The van der Waals surface area contributed by atoms with Gasteiger partial charge in [-0.05, 0) is 18.6 Å². The van der Waals surface area contributed by atoms with E-state index in [1.54, 1.807) is 13.3 Å². The topological polar surface area (TPSA) is 81.8 Å². The summed E-state index contributed by atoms with van der Waals surface area (Å²) in [6.45, 7) is 1.25. The molecule has 0 saturated carbocycles. The minimum atomic E-state index is 0. The summed E-state index contributed by atoms with van der Waals surface area (Å²) in [5.41, 5.74) is 8.19. The molecule has 1 atom stereocenters. The van der Waals surface area contributed by atoms with Gasteiger partial charge in [-0.15, -0.1) is 24.0 Å². The number of nitrogens with zero attached hydrogens (tertiary/aromatic N) is 2. The maximum absolute atomic E-state index is 6.05. The quantitative estimate of drug-likeness (QED) is 0.413. The second-order valence-electron chi connectivity index (χ2n) is 5.56. The van der Waals surface area contributed by atoms with E-state index in [4.69, 9.17) is 15.2 Å². The molecule has 3 N–H and O–H groups in total. The zero-order valence-electron chi connectivity index (χ0n) is 14.1. The van der Waals surface area contributed by atoms with Crippen LogP contribution >= 0.6 is 24.0 Å². The van der Waals surface area contributed by atoms with E-state index in [9.17, 15) is 0 Å². The van der Waals surface area contributed by atoms with Crippen LogP contribution in [0.25, 0.3) is 0 Å². The van der Waals surface area contributed by atoms with Crippen molar-refractivity contribution in [3.05, 3.63) is 53.7 Å². The fourth-order valence-corrected chi connectivity index (χ4v) is 2.81. The van der Waals surface area contributed by atoms with Crippen LogP contribution in [0, 0.1) is 0 Å². The molecule has 1 aliphatic rings. The molecule has 2 heterocycles. The maximum Gasteiger partial charge on any atom is 0.216 e. The number of hydrogen-bond acceptors (Lipinski definition) is 4. The van der Waals surface area contributed by atoms with Gasteiger partial charge >= 0.3 is 0 Å². The molecular formula is C18H23IN4O2. The number of aliphatic imine (C=N–C) groups is 1. The molecule has 134 valence electrons. The van der Waals surface area contributed by atoms with Gasteiger partial charge < -0.3 is 20.5 Å². The van der Waals surface area contributed by atoms with Crippen LogP contribution < -0.4 is 20.5 Å². The number of rotatable bonds is 5. The van der Waals surface area contributed by atoms with E-state index < -0.39 is 0 Å². The van der Waals surface area contributed by atoms with Gasteiger partial charge in [-0.2, -0.15) is 0 Å². The fraction of sp³-hybridized carbons (Fsp3) is 0.333. The Morgan fingerprint density at radius 2 is 2.20 bits per heavy atom. The van der Waals surface area contributed by atoms with E-state index in [2.05, 4.69) is 21.4 Å². The average Bonchev–Trinajstić information content (AvgIpc) is 2.62. The van der Waals surface area contributed by atoms with Crippen LogP contribution in [-0.4, -0.2) is 31.2 Å². The minimum absolute atomic E-state index is 0. The Bertz CT molecular complexity index is 724. The first kappa shape index (κ1) is 19.3. The largest absolute Gasteiger partial charge is 0.493 e. The molecule has 1 aliphatic heterocycles. The normalized spacial score (nSPS) is 16.2. The van der Waals surface area contributed by atoms with Gasteiger partial charge in [-0.1, -0.05) is 24.3 Å². The van der Waals surface area contributed by atoms with Gasteiger partial charge in [0.2, 0.25) is 5.88 Å². The van der Waals surface area contributed by atoms with E-state index >= 15 is 0 Å². The molecule has 0 aliphatic carbocycles. The Hall–Kier alpha value is -2.03. The van der Waals surface area contributed by atoms with Crippen LogP contribution in [0.5, 0.6) is 11.6 Å².